The van der Waals surface area contributed by atoms with Crippen molar-refractivity contribution in [3.05, 3.63) is 35.1 Å². The number of carbonyl (C=O) groups excluding carboxylic acids is 1. The molecule has 0 radical (unpaired) electrons. The highest BCUT2D eigenvalue weighted by Gasteiger charge is 2.33. The van der Waals surface area contributed by atoms with Gasteiger partial charge in [-0.1, -0.05) is 19.9 Å². The topological polar surface area (TPSA) is 23.6 Å². The van der Waals surface area contributed by atoms with E-state index in [4.69, 9.17) is 0 Å². The number of hydrogen-bond acceptors (Lipinski definition) is 2. The number of nitrogens with zero attached hydrogens (tertiary/aromatic N) is 2. The normalized spacial score (nSPS) is 22.7. The van der Waals surface area contributed by atoms with Gasteiger partial charge >= 0.3 is 0 Å². The molecule has 1 saturated carbocycles. The van der Waals surface area contributed by atoms with E-state index in [0.717, 1.165) is 37.5 Å². The van der Waals surface area contributed by atoms with E-state index < -0.39 is 5.82 Å². The molecular weight excluding hydrogens is 303 g/mol. The Balaban J connectivity index is 1.76. The number of benzene rings is 1. The summed E-state index contributed by atoms with van der Waals surface area (Å²) in [6.45, 7) is 9.92. The van der Waals surface area contributed by atoms with Crippen LogP contribution in [0.15, 0.2) is 18.2 Å². The molecule has 3 nitrogen and oxygen atoms in total. The third-order valence-corrected chi connectivity index (χ3v) is 5.35. The maximum Gasteiger partial charge on any atom is 0.256 e. The van der Waals surface area contributed by atoms with Crippen molar-refractivity contribution in [2.24, 2.45) is 11.8 Å². The molecule has 1 amide bonds. The Bertz CT molecular complexity index is 597. The summed E-state index contributed by atoms with van der Waals surface area (Å²) in [5, 5.41) is 0. The van der Waals surface area contributed by atoms with E-state index in [1.54, 1.807) is 6.07 Å². The number of rotatable bonds is 4. The van der Waals surface area contributed by atoms with Crippen molar-refractivity contribution in [3.63, 3.8) is 0 Å². The molecule has 0 unspecified atom stereocenters. The number of halogens is 1. The van der Waals surface area contributed by atoms with Crippen molar-refractivity contribution < 1.29 is 9.18 Å². The fourth-order valence-corrected chi connectivity index (χ4v) is 3.70. The van der Waals surface area contributed by atoms with Crippen molar-refractivity contribution in [3.8, 4) is 0 Å². The van der Waals surface area contributed by atoms with Crippen LogP contribution >= 0.6 is 0 Å². The molecule has 0 spiro atoms. The van der Waals surface area contributed by atoms with Crippen LogP contribution in [0.4, 0.5) is 4.39 Å². The quantitative estimate of drug-likeness (QED) is 0.839. The van der Waals surface area contributed by atoms with Gasteiger partial charge in [-0.2, -0.15) is 0 Å². The van der Waals surface area contributed by atoms with Crippen molar-refractivity contribution in [1.29, 1.82) is 0 Å². The van der Waals surface area contributed by atoms with Crippen molar-refractivity contribution in [2.75, 3.05) is 26.2 Å². The predicted octanol–water partition coefficient (Wildman–Crippen LogP) is 3.72. The zero-order valence-electron chi connectivity index (χ0n) is 15.1. The first-order valence-corrected chi connectivity index (χ1v) is 9.25. The lowest BCUT2D eigenvalue weighted by Gasteiger charge is -2.34. The van der Waals surface area contributed by atoms with E-state index in [2.05, 4.69) is 18.7 Å². The van der Waals surface area contributed by atoms with E-state index in [-0.39, 0.29) is 11.5 Å². The minimum absolute atomic E-state index is 0.161. The fraction of sp³-hybridized carbons (Fsp3) is 0.650. The monoisotopic (exact) mass is 332 g/mol. The molecule has 2 fully saturated rings. The Morgan fingerprint density at radius 1 is 1.29 bits per heavy atom. The van der Waals surface area contributed by atoms with Gasteiger partial charge in [-0.25, -0.2) is 4.39 Å². The van der Waals surface area contributed by atoms with E-state index in [1.807, 2.05) is 17.9 Å². The second-order valence-electron chi connectivity index (χ2n) is 7.84. The third-order valence-electron chi connectivity index (χ3n) is 5.35. The Morgan fingerprint density at radius 2 is 2.04 bits per heavy atom. The van der Waals surface area contributed by atoms with E-state index in [9.17, 15) is 9.18 Å². The predicted molar refractivity (Wildman–Crippen MR) is 94.6 cm³/mol. The second kappa shape index (κ2) is 7.22. The lowest BCUT2D eigenvalue weighted by Crippen LogP contribution is -2.46. The van der Waals surface area contributed by atoms with Crippen LogP contribution in [0.5, 0.6) is 0 Å². The number of hydrogen-bond donors (Lipinski definition) is 0. The van der Waals surface area contributed by atoms with Gasteiger partial charge in [-0.15, -0.1) is 0 Å². The fourth-order valence-electron chi connectivity index (χ4n) is 3.70. The molecule has 132 valence electrons. The van der Waals surface area contributed by atoms with Crippen LogP contribution in [0.2, 0.25) is 0 Å². The minimum atomic E-state index is -0.403. The molecule has 1 aromatic rings. The summed E-state index contributed by atoms with van der Waals surface area (Å²) in [4.78, 5) is 17.3. The Kier molecular flexibility index (Phi) is 5.24. The highest BCUT2D eigenvalue weighted by atomic mass is 19.1. The zero-order chi connectivity index (χ0) is 17.3. The van der Waals surface area contributed by atoms with Crippen LogP contribution in [0.3, 0.4) is 0 Å². The first kappa shape index (κ1) is 17.4. The van der Waals surface area contributed by atoms with Gasteiger partial charge in [0, 0.05) is 32.2 Å². The maximum absolute atomic E-state index is 14.2. The molecule has 3 rings (SSSR count). The van der Waals surface area contributed by atoms with Crippen LogP contribution in [0.1, 0.15) is 49.0 Å². The summed E-state index contributed by atoms with van der Waals surface area (Å²) in [5.41, 5.74) is 1.05. The number of amides is 1. The van der Waals surface area contributed by atoms with E-state index in [0.29, 0.717) is 18.5 Å². The van der Waals surface area contributed by atoms with E-state index in [1.165, 1.54) is 18.9 Å². The largest absolute Gasteiger partial charge is 0.337 e. The lowest BCUT2D eigenvalue weighted by atomic mass is 10.0. The van der Waals surface area contributed by atoms with Gasteiger partial charge in [0.25, 0.3) is 5.91 Å². The Labute approximate surface area is 144 Å². The van der Waals surface area contributed by atoms with Gasteiger partial charge < -0.3 is 4.90 Å². The van der Waals surface area contributed by atoms with Gasteiger partial charge in [0.1, 0.15) is 5.82 Å². The van der Waals surface area contributed by atoms with Crippen LogP contribution in [0.25, 0.3) is 0 Å². The van der Waals surface area contributed by atoms with Gasteiger partial charge in [0.15, 0.2) is 0 Å². The Morgan fingerprint density at radius 3 is 2.67 bits per heavy atom. The highest BCUT2D eigenvalue weighted by molar-refractivity contribution is 5.94. The van der Waals surface area contributed by atoms with Crippen LogP contribution in [-0.2, 0) is 0 Å². The lowest BCUT2D eigenvalue weighted by molar-refractivity contribution is 0.0700. The highest BCUT2D eigenvalue weighted by Crippen LogP contribution is 2.32. The van der Waals surface area contributed by atoms with Crippen LogP contribution in [-0.4, -0.2) is 47.9 Å². The minimum Gasteiger partial charge on any atom is -0.337 e. The molecule has 1 aliphatic carbocycles. The smallest absolute Gasteiger partial charge is 0.256 e. The van der Waals surface area contributed by atoms with Gasteiger partial charge in [-0.3, -0.25) is 9.69 Å². The third kappa shape index (κ3) is 3.97. The standard InChI is InChI=1S/C20H29FN2O/c1-14(2)19-13-23(10-4-9-22(19)12-16-6-7-16)20(24)17-8-5-15(3)11-18(17)21/h5,8,11,14,16,19H,4,6-7,9-10,12-13H2,1-3H3/t19-/m1/s1. The zero-order valence-corrected chi connectivity index (χ0v) is 15.1. The van der Waals surface area contributed by atoms with Gasteiger partial charge in [0.2, 0.25) is 0 Å². The molecule has 0 N–H and O–H groups in total. The van der Waals surface area contributed by atoms with Crippen LogP contribution < -0.4 is 0 Å². The van der Waals surface area contributed by atoms with E-state index >= 15 is 0 Å². The average Bonchev–Trinajstić information content (AvgIpc) is 3.34. The average molecular weight is 332 g/mol. The molecule has 0 aromatic heterocycles. The van der Waals surface area contributed by atoms with Gasteiger partial charge in [-0.05, 0) is 55.7 Å². The summed E-state index contributed by atoms with van der Waals surface area (Å²) >= 11 is 0. The summed E-state index contributed by atoms with van der Waals surface area (Å²) in [7, 11) is 0. The summed E-state index contributed by atoms with van der Waals surface area (Å²) in [5.74, 6) is 0.773. The summed E-state index contributed by atoms with van der Waals surface area (Å²) in [6.07, 6.45) is 3.66. The molecule has 0 bridgehead atoms. The number of carbonyl (C=O) groups is 1. The van der Waals surface area contributed by atoms with Crippen molar-refractivity contribution >= 4 is 5.91 Å². The van der Waals surface area contributed by atoms with Crippen molar-refractivity contribution in [1.82, 2.24) is 9.80 Å². The first-order valence-electron chi connectivity index (χ1n) is 9.25. The summed E-state index contributed by atoms with van der Waals surface area (Å²) < 4.78 is 14.2. The molecule has 1 heterocycles. The summed E-state index contributed by atoms with van der Waals surface area (Å²) in [6, 6.07) is 5.26. The Hall–Kier alpha value is -1.42. The molecule has 1 saturated heterocycles. The SMILES string of the molecule is Cc1ccc(C(=O)N2CCCN(CC3CC3)[C@@H](C(C)C)C2)c(F)c1. The second-order valence-corrected chi connectivity index (χ2v) is 7.84. The van der Waals surface area contributed by atoms with Gasteiger partial charge in [0.05, 0.1) is 5.56 Å². The van der Waals surface area contributed by atoms with Crippen LogP contribution in [0, 0.1) is 24.6 Å². The molecule has 4 heteroatoms. The maximum atomic E-state index is 14.2. The van der Waals surface area contributed by atoms with Crippen molar-refractivity contribution in [2.45, 2.75) is 46.1 Å². The molecule has 1 aliphatic heterocycles. The number of aryl methyl sites for hydroxylation is 1. The molecule has 24 heavy (non-hydrogen) atoms. The first-order chi connectivity index (χ1) is 11.5. The molecule has 1 atom stereocenters. The molecule has 1 aromatic carbocycles. The molecule has 2 aliphatic rings. The molecular formula is C20H29FN2O.